The number of methoxy groups -OCH3 is 1. The van der Waals surface area contributed by atoms with Crippen molar-refractivity contribution in [2.75, 3.05) is 12.4 Å². The van der Waals surface area contributed by atoms with Crippen LogP contribution in [-0.4, -0.2) is 29.9 Å². The molecular formula is C30H29F3N2O3. The number of halogens is 3. The maximum atomic E-state index is 14.0. The number of anilines is 1. The van der Waals surface area contributed by atoms with E-state index in [0.717, 1.165) is 49.8 Å². The van der Waals surface area contributed by atoms with Gasteiger partial charge in [-0.1, -0.05) is 49.6 Å². The van der Waals surface area contributed by atoms with E-state index in [-0.39, 0.29) is 23.5 Å². The molecule has 0 saturated heterocycles. The molecule has 8 heteroatoms. The van der Waals surface area contributed by atoms with Crippen LogP contribution in [0, 0.1) is 0 Å². The van der Waals surface area contributed by atoms with Crippen molar-refractivity contribution in [2.24, 2.45) is 0 Å². The quantitative estimate of drug-likeness (QED) is 0.394. The predicted molar refractivity (Wildman–Crippen MR) is 138 cm³/mol. The molecule has 0 aromatic heterocycles. The van der Waals surface area contributed by atoms with Crippen molar-refractivity contribution < 1.29 is 27.5 Å². The fourth-order valence-corrected chi connectivity index (χ4v) is 5.71. The molecule has 0 bridgehead atoms. The normalized spacial score (nSPS) is 20.1. The lowest BCUT2D eigenvalue weighted by Crippen LogP contribution is -2.51. The molecule has 3 aromatic rings. The third-order valence-corrected chi connectivity index (χ3v) is 7.56. The van der Waals surface area contributed by atoms with Gasteiger partial charge >= 0.3 is 6.18 Å². The molecule has 38 heavy (non-hydrogen) atoms. The number of ether oxygens (including phenoxy) is 1. The van der Waals surface area contributed by atoms with E-state index >= 15 is 0 Å². The van der Waals surface area contributed by atoms with E-state index in [1.807, 2.05) is 29.2 Å². The minimum atomic E-state index is -4.47. The molecule has 2 aliphatic rings. The lowest BCUT2D eigenvalue weighted by Gasteiger charge is -2.46. The van der Waals surface area contributed by atoms with E-state index in [4.69, 9.17) is 4.74 Å². The van der Waals surface area contributed by atoms with Crippen LogP contribution >= 0.6 is 0 Å². The summed E-state index contributed by atoms with van der Waals surface area (Å²) in [5.74, 6) is -0.592. The van der Waals surface area contributed by atoms with Crippen molar-refractivity contribution in [1.29, 1.82) is 0 Å². The fraction of sp³-hybridized carbons (Fsp3) is 0.333. The molecule has 5 rings (SSSR count). The SMILES string of the molecule is COc1ccc(C2C(C(=O)Nc3ccc(C(F)(F)F)cc3)c3ccccc3C(=O)N2C2CCCCC2)cc1. The first kappa shape index (κ1) is 25.8. The molecule has 2 atom stereocenters. The van der Waals surface area contributed by atoms with Crippen LogP contribution in [0.4, 0.5) is 18.9 Å². The summed E-state index contributed by atoms with van der Waals surface area (Å²) in [5, 5.41) is 2.82. The van der Waals surface area contributed by atoms with Crippen LogP contribution in [0.5, 0.6) is 5.75 Å². The molecule has 1 N–H and O–H groups in total. The van der Waals surface area contributed by atoms with E-state index in [1.165, 1.54) is 12.1 Å². The van der Waals surface area contributed by atoms with Gasteiger partial charge < -0.3 is 15.0 Å². The summed E-state index contributed by atoms with van der Waals surface area (Å²) in [5.41, 5.74) is 1.36. The third kappa shape index (κ3) is 4.99. The minimum Gasteiger partial charge on any atom is -0.497 e. The third-order valence-electron chi connectivity index (χ3n) is 7.56. The Morgan fingerprint density at radius 1 is 0.921 bits per heavy atom. The molecule has 2 unspecified atom stereocenters. The second-order valence-corrected chi connectivity index (χ2v) is 9.85. The number of carbonyl (C=O) groups excluding carboxylic acids is 2. The minimum absolute atomic E-state index is 0.0157. The molecule has 3 aromatic carbocycles. The molecule has 0 radical (unpaired) electrons. The molecule has 2 amide bonds. The molecule has 1 heterocycles. The highest BCUT2D eigenvalue weighted by Crippen LogP contribution is 2.46. The smallest absolute Gasteiger partial charge is 0.416 e. The Labute approximate surface area is 219 Å². The van der Waals surface area contributed by atoms with Crippen molar-refractivity contribution in [3.8, 4) is 5.75 Å². The lowest BCUT2D eigenvalue weighted by molar-refractivity contribution is -0.137. The van der Waals surface area contributed by atoms with Crippen molar-refractivity contribution in [2.45, 2.75) is 56.3 Å². The largest absolute Gasteiger partial charge is 0.497 e. The number of hydrogen-bond donors (Lipinski definition) is 1. The molecule has 1 aliphatic heterocycles. The van der Waals surface area contributed by atoms with Crippen LogP contribution in [-0.2, 0) is 11.0 Å². The Morgan fingerprint density at radius 3 is 2.21 bits per heavy atom. The highest BCUT2D eigenvalue weighted by Gasteiger charge is 2.46. The van der Waals surface area contributed by atoms with Crippen LogP contribution in [0.1, 0.15) is 71.1 Å². The van der Waals surface area contributed by atoms with Gasteiger partial charge in [-0.05, 0) is 66.4 Å². The van der Waals surface area contributed by atoms with Crippen LogP contribution in [0.3, 0.4) is 0 Å². The van der Waals surface area contributed by atoms with Crippen LogP contribution in [0.25, 0.3) is 0 Å². The number of carbonyl (C=O) groups is 2. The zero-order valence-electron chi connectivity index (χ0n) is 21.0. The highest BCUT2D eigenvalue weighted by molar-refractivity contribution is 6.04. The van der Waals surface area contributed by atoms with Gasteiger partial charge in [0.05, 0.1) is 24.6 Å². The van der Waals surface area contributed by atoms with Gasteiger partial charge in [0.1, 0.15) is 5.75 Å². The summed E-state index contributed by atoms with van der Waals surface area (Å²) in [4.78, 5) is 29.8. The molecule has 198 valence electrons. The lowest BCUT2D eigenvalue weighted by atomic mass is 9.77. The van der Waals surface area contributed by atoms with E-state index in [1.54, 1.807) is 31.4 Å². The summed E-state index contributed by atoms with van der Waals surface area (Å²) < 4.78 is 44.5. The standard InChI is InChI=1S/C30H29F3N2O3/c1-38-23-17-11-19(12-18-23)27-26(28(36)34-21-15-13-20(14-16-21)30(31,32)33)24-9-5-6-10-25(24)29(37)35(27)22-7-3-2-4-8-22/h5-6,9-18,22,26-27H,2-4,7-8H2,1H3,(H,34,36). The summed E-state index contributed by atoms with van der Waals surface area (Å²) >= 11 is 0. The van der Waals surface area contributed by atoms with Crippen LogP contribution in [0.15, 0.2) is 72.8 Å². The first-order valence-corrected chi connectivity index (χ1v) is 12.8. The highest BCUT2D eigenvalue weighted by atomic mass is 19.4. The Morgan fingerprint density at radius 2 is 1.58 bits per heavy atom. The summed E-state index contributed by atoms with van der Waals surface area (Å²) in [6.45, 7) is 0. The van der Waals surface area contributed by atoms with E-state index in [2.05, 4.69) is 5.32 Å². The summed E-state index contributed by atoms with van der Waals surface area (Å²) in [7, 11) is 1.57. The number of benzene rings is 3. The Balaban J connectivity index is 1.58. The second-order valence-electron chi connectivity index (χ2n) is 9.85. The van der Waals surface area contributed by atoms with E-state index in [0.29, 0.717) is 16.9 Å². The van der Waals surface area contributed by atoms with E-state index in [9.17, 15) is 22.8 Å². The Kier molecular flexibility index (Phi) is 7.15. The number of alkyl halides is 3. The first-order valence-electron chi connectivity index (χ1n) is 12.8. The number of nitrogens with one attached hydrogen (secondary N) is 1. The van der Waals surface area contributed by atoms with E-state index < -0.39 is 23.7 Å². The molecule has 1 aliphatic carbocycles. The van der Waals surface area contributed by atoms with Crippen molar-refractivity contribution in [1.82, 2.24) is 4.90 Å². The Hall–Kier alpha value is -3.81. The maximum Gasteiger partial charge on any atom is 0.416 e. The maximum absolute atomic E-state index is 14.0. The molecule has 5 nitrogen and oxygen atoms in total. The van der Waals surface area contributed by atoms with Crippen molar-refractivity contribution in [3.05, 3.63) is 95.1 Å². The van der Waals surface area contributed by atoms with Crippen LogP contribution < -0.4 is 10.1 Å². The van der Waals surface area contributed by atoms with Crippen molar-refractivity contribution in [3.63, 3.8) is 0 Å². The van der Waals surface area contributed by atoms with Gasteiger partial charge in [-0.15, -0.1) is 0 Å². The summed E-state index contributed by atoms with van der Waals surface area (Å²) in [6.07, 6.45) is 0.370. The first-order chi connectivity index (χ1) is 18.3. The monoisotopic (exact) mass is 522 g/mol. The molecule has 1 fully saturated rings. The van der Waals surface area contributed by atoms with Gasteiger partial charge in [0, 0.05) is 17.3 Å². The Bertz CT molecular complexity index is 1300. The predicted octanol–water partition coefficient (Wildman–Crippen LogP) is 6.97. The fourth-order valence-electron chi connectivity index (χ4n) is 5.71. The topological polar surface area (TPSA) is 58.6 Å². The zero-order chi connectivity index (χ0) is 26.9. The second kappa shape index (κ2) is 10.5. The van der Waals surface area contributed by atoms with Gasteiger partial charge in [0.25, 0.3) is 5.91 Å². The van der Waals surface area contributed by atoms with Gasteiger partial charge in [0.2, 0.25) is 5.91 Å². The van der Waals surface area contributed by atoms with Gasteiger partial charge in [-0.3, -0.25) is 9.59 Å². The number of rotatable bonds is 5. The zero-order valence-corrected chi connectivity index (χ0v) is 21.0. The summed E-state index contributed by atoms with van der Waals surface area (Å²) in [6, 6.07) is 18.3. The molecule has 0 spiro atoms. The van der Waals surface area contributed by atoms with Gasteiger partial charge in [-0.2, -0.15) is 13.2 Å². The average molecular weight is 523 g/mol. The number of fused-ring (bicyclic) bond motifs is 1. The molecular weight excluding hydrogens is 493 g/mol. The van der Waals surface area contributed by atoms with Crippen molar-refractivity contribution >= 4 is 17.5 Å². The average Bonchev–Trinajstić information content (AvgIpc) is 2.93. The molecule has 1 saturated carbocycles. The van der Waals surface area contributed by atoms with Crippen LogP contribution in [0.2, 0.25) is 0 Å². The number of amides is 2. The number of hydrogen-bond acceptors (Lipinski definition) is 3. The number of nitrogens with zero attached hydrogens (tertiary/aromatic N) is 1. The van der Waals surface area contributed by atoms with Gasteiger partial charge in [-0.25, -0.2) is 0 Å². The van der Waals surface area contributed by atoms with Gasteiger partial charge in [0.15, 0.2) is 0 Å².